The van der Waals surface area contributed by atoms with Gasteiger partial charge >= 0.3 is 7.60 Å². The van der Waals surface area contributed by atoms with E-state index in [1.54, 1.807) is 0 Å². The van der Waals surface area contributed by atoms with Crippen molar-refractivity contribution in [3.63, 3.8) is 0 Å². The van der Waals surface area contributed by atoms with Crippen LogP contribution >= 0.6 is 7.60 Å². The van der Waals surface area contributed by atoms with E-state index in [1.165, 1.54) is 12.8 Å². The maximum atomic E-state index is 14.1. The lowest BCUT2D eigenvalue weighted by Gasteiger charge is -2.43. The number of hydrogen-bond donors (Lipinski definition) is 1. The van der Waals surface area contributed by atoms with Gasteiger partial charge in [0.2, 0.25) is 0 Å². The zero-order chi connectivity index (χ0) is 21.9. The second-order valence-corrected chi connectivity index (χ2v) is 13.2. The van der Waals surface area contributed by atoms with E-state index in [0.717, 1.165) is 25.7 Å². The maximum absolute atomic E-state index is 14.1. The molecule has 0 bridgehead atoms. The van der Waals surface area contributed by atoms with Gasteiger partial charge in [-0.05, 0) is 67.1 Å². The van der Waals surface area contributed by atoms with Crippen molar-refractivity contribution in [2.75, 3.05) is 0 Å². The van der Waals surface area contributed by atoms with Gasteiger partial charge in [0.1, 0.15) is 0 Å². The molecule has 0 heterocycles. The summed E-state index contributed by atoms with van der Waals surface area (Å²) in [4.78, 5) is 0. The van der Waals surface area contributed by atoms with Crippen molar-refractivity contribution in [1.82, 2.24) is 0 Å². The van der Waals surface area contributed by atoms with Crippen molar-refractivity contribution in [2.45, 2.75) is 112 Å². The predicted octanol–water partition coefficient (Wildman–Crippen LogP) is 7.11. The quantitative estimate of drug-likeness (QED) is 0.417. The molecule has 0 aromatic rings. The van der Waals surface area contributed by atoms with E-state index in [1.807, 2.05) is 13.8 Å². The largest absolute Gasteiger partial charge is 0.380 e. The lowest BCUT2D eigenvalue weighted by Crippen LogP contribution is -2.38. The molecule has 0 saturated heterocycles. The molecule has 0 aliphatic heterocycles. The predicted molar refractivity (Wildman–Crippen MR) is 121 cm³/mol. The Morgan fingerprint density at radius 1 is 0.759 bits per heavy atom. The molecule has 1 N–H and O–H groups in total. The minimum absolute atomic E-state index is 0.100. The van der Waals surface area contributed by atoms with Crippen LogP contribution in [-0.4, -0.2) is 23.2 Å². The van der Waals surface area contributed by atoms with Gasteiger partial charge in [0, 0.05) is 0 Å². The van der Waals surface area contributed by atoms with E-state index < -0.39 is 13.4 Å². The minimum atomic E-state index is -3.66. The Kier molecular flexibility index (Phi) is 9.29. The van der Waals surface area contributed by atoms with E-state index in [9.17, 15) is 9.67 Å². The van der Waals surface area contributed by atoms with Crippen LogP contribution < -0.4 is 0 Å². The summed E-state index contributed by atoms with van der Waals surface area (Å²) in [6.45, 7) is 17.2. The Morgan fingerprint density at radius 3 is 1.45 bits per heavy atom. The lowest BCUT2D eigenvalue weighted by molar-refractivity contribution is -0.0186. The topological polar surface area (TPSA) is 55.8 Å². The zero-order valence-corrected chi connectivity index (χ0v) is 21.0. The molecule has 4 nitrogen and oxygen atoms in total. The molecule has 0 amide bonds. The number of aliphatic hydroxyl groups excluding tert-OH is 1. The Balaban J connectivity index is 2.28. The zero-order valence-electron chi connectivity index (χ0n) is 20.1. The van der Waals surface area contributed by atoms with Crippen molar-refractivity contribution >= 4 is 7.60 Å². The van der Waals surface area contributed by atoms with Crippen LogP contribution in [0, 0.1) is 41.4 Å². The number of aliphatic hydroxyl groups is 1. The van der Waals surface area contributed by atoms with Gasteiger partial charge in [-0.2, -0.15) is 0 Å². The highest BCUT2D eigenvalue weighted by atomic mass is 31.2. The van der Waals surface area contributed by atoms with Crippen molar-refractivity contribution in [3.8, 4) is 0 Å². The van der Waals surface area contributed by atoms with Crippen LogP contribution in [0.2, 0.25) is 0 Å². The molecule has 5 heteroatoms. The molecule has 0 radical (unpaired) electrons. The lowest BCUT2D eigenvalue weighted by atomic mass is 9.75. The summed E-state index contributed by atoms with van der Waals surface area (Å²) in [7, 11) is -3.66. The van der Waals surface area contributed by atoms with Gasteiger partial charge in [-0.25, -0.2) is 0 Å². The normalized spacial score (nSPS) is 35.4. The molecule has 2 aliphatic carbocycles. The van der Waals surface area contributed by atoms with Crippen LogP contribution in [0.1, 0.15) is 93.9 Å². The van der Waals surface area contributed by atoms with Crippen molar-refractivity contribution in [3.05, 3.63) is 0 Å². The molecule has 0 aromatic carbocycles. The number of rotatable bonds is 8. The average Bonchev–Trinajstić information content (AvgIpc) is 2.60. The summed E-state index contributed by atoms with van der Waals surface area (Å²) in [5.74, 6) is 1.54. The standard InChI is InChI=1S/C24H47O4P/c1-15(2)20-11-9-18(7)13-22(20)27-29(26,24(25)17(5)6)28-23-14-19(8)10-12-21(23)16(3)4/h15-25H,9-14H2,1-8H3/t18-,19-,20+,21+,22-,23-,24-/m1/s1. The smallest absolute Gasteiger partial charge is 0.359 e. The SMILES string of the molecule is CC(C)[C@@H]1CC[C@@H](C)C[C@H]1OP(=O)(O[C@@H]1C[C@H](C)CC[C@H]1C(C)C)[C@@H](O)C(C)C. The first kappa shape index (κ1) is 25.4. The van der Waals surface area contributed by atoms with Gasteiger partial charge in [-0.15, -0.1) is 0 Å². The van der Waals surface area contributed by atoms with Crippen molar-refractivity contribution < 1.29 is 18.7 Å². The van der Waals surface area contributed by atoms with Crippen LogP contribution in [0.15, 0.2) is 0 Å². The van der Waals surface area contributed by atoms with Gasteiger partial charge in [0.25, 0.3) is 0 Å². The fourth-order valence-corrected chi connectivity index (χ4v) is 7.63. The summed E-state index contributed by atoms with van der Waals surface area (Å²) < 4.78 is 26.9. The van der Waals surface area contributed by atoms with E-state index in [4.69, 9.17) is 9.05 Å². The monoisotopic (exact) mass is 430 g/mol. The fourth-order valence-electron chi connectivity index (χ4n) is 5.36. The molecule has 0 spiro atoms. The van der Waals surface area contributed by atoms with Crippen LogP contribution in [0.3, 0.4) is 0 Å². The molecule has 2 fully saturated rings. The Morgan fingerprint density at radius 2 is 1.14 bits per heavy atom. The Bertz CT molecular complexity index is 509. The molecule has 2 aliphatic rings. The van der Waals surface area contributed by atoms with Crippen LogP contribution in [0.5, 0.6) is 0 Å². The Hall–Kier alpha value is 0.110. The van der Waals surface area contributed by atoms with E-state index >= 15 is 0 Å². The first-order valence-electron chi connectivity index (χ1n) is 12.1. The summed E-state index contributed by atoms with van der Waals surface area (Å²) >= 11 is 0. The van der Waals surface area contributed by atoms with Crippen LogP contribution in [-0.2, 0) is 13.6 Å². The third-order valence-electron chi connectivity index (χ3n) is 7.41. The Labute approximate surface area is 180 Å². The molecule has 172 valence electrons. The summed E-state index contributed by atoms with van der Waals surface area (Å²) in [6.07, 6.45) is 6.16. The molecule has 2 saturated carbocycles. The van der Waals surface area contributed by atoms with E-state index in [-0.39, 0.29) is 18.1 Å². The summed E-state index contributed by atoms with van der Waals surface area (Å²) in [5.41, 5.74) is 0. The maximum Gasteiger partial charge on any atom is 0.359 e. The van der Waals surface area contributed by atoms with Crippen LogP contribution in [0.25, 0.3) is 0 Å². The molecular weight excluding hydrogens is 383 g/mol. The number of hydrogen-bond acceptors (Lipinski definition) is 4. The van der Waals surface area contributed by atoms with Crippen molar-refractivity contribution in [1.29, 1.82) is 0 Å². The van der Waals surface area contributed by atoms with E-state index in [0.29, 0.717) is 35.5 Å². The van der Waals surface area contributed by atoms with Gasteiger partial charge in [-0.1, -0.05) is 68.2 Å². The van der Waals surface area contributed by atoms with Crippen molar-refractivity contribution in [2.24, 2.45) is 41.4 Å². The molecular formula is C24H47O4P. The van der Waals surface area contributed by atoms with Gasteiger partial charge in [0.05, 0.1) is 12.2 Å². The fraction of sp³-hybridized carbons (Fsp3) is 1.00. The van der Waals surface area contributed by atoms with E-state index in [2.05, 4.69) is 41.5 Å². The first-order valence-corrected chi connectivity index (χ1v) is 13.7. The second-order valence-electron chi connectivity index (χ2n) is 11.1. The molecule has 0 unspecified atom stereocenters. The first-order chi connectivity index (χ1) is 13.4. The highest BCUT2D eigenvalue weighted by Crippen LogP contribution is 2.60. The third-order valence-corrected chi connectivity index (χ3v) is 9.78. The summed E-state index contributed by atoms with van der Waals surface area (Å²) in [5, 5.41) is 11.0. The minimum Gasteiger partial charge on any atom is -0.380 e. The summed E-state index contributed by atoms with van der Waals surface area (Å²) in [6, 6.07) is 0. The molecule has 2 rings (SSSR count). The highest BCUT2D eigenvalue weighted by molar-refractivity contribution is 7.54. The third kappa shape index (κ3) is 6.55. The van der Waals surface area contributed by atoms with Crippen LogP contribution in [0.4, 0.5) is 0 Å². The highest BCUT2D eigenvalue weighted by Gasteiger charge is 2.46. The molecule has 7 atom stereocenters. The average molecular weight is 431 g/mol. The molecule has 0 aromatic heterocycles. The van der Waals surface area contributed by atoms with Gasteiger partial charge in [-0.3, -0.25) is 4.57 Å². The van der Waals surface area contributed by atoms with Gasteiger partial charge in [0.15, 0.2) is 5.85 Å². The van der Waals surface area contributed by atoms with Gasteiger partial charge < -0.3 is 14.2 Å². The molecule has 29 heavy (non-hydrogen) atoms. The second kappa shape index (κ2) is 10.6.